The molecule has 1 atom stereocenters. The van der Waals surface area contributed by atoms with Crippen LogP contribution in [0.5, 0.6) is 0 Å². The first-order valence-corrected chi connectivity index (χ1v) is 7.66. The van der Waals surface area contributed by atoms with Crippen molar-refractivity contribution >= 4 is 15.7 Å². The van der Waals surface area contributed by atoms with Crippen LogP contribution in [0, 0.1) is 0 Å². The normalized spacial score (nSPS) is 21.0. The molecule has 100 valence electrons. The summed E-state index contributed by atoms with van der Waals surface area (Å²) in [6.07, 6.45) is 3.44. The largest absolute Gasteiger partial charge is 0.367 e. The zero-order chi connectivity index (χ0) is 13.2. The Balaban J connectivity index is 2.23. The minimum absolute atomic E-state index is 0.146. The van der Waals surface area contributed by atoms with E-state index in [1.165, 1.54) is 6.42 Å². The predicted octanol–water partition coefficient (Wildman–Crippen LogP) is 0.652. The Kier molecular flexibility index (Phi) is 3.89. The highest BCUT2D eigenvalue weighted by atomic mass is 32.2. The van der Waals surface area contributed by atoms with Crippen molar-refractivity contribution in [3.63, 3.8) is 0 Å². The number of benzene rings is 1. The number of nitrogens with two attached hydrogens (primary N) is 2. The molecule has 1 aromatic rings. The Morgan fingerprint density at radius 1 is 1.22 bits per heavy atom. The van der Waals surface area contributed by atoms with Gasteiger partial charge < -0.3 is 10.6 Å². The summed E-state index contributed by atoms with van der Waals surface area (Å²) < 4.78 is 22.4. The molecule has 1 aliphatic rings. The van der Waals surface area contributed by atoms with Crippen LogP contribution in [0.4, 0.5) is 5.69 Å². The smallest absolute Gasteiger partial charge is 0.238 e. The number of piperidine rings is 1. The second kappa shape index (κ2) is 5.26. The molecular weight excluding hydrogens is 250 g/mol. The van der Waals surface area contributed by atoms with Gasteiger partial charge in [-0.25, -0.2) is 13.6 Å². The molecular formula is C12H19N3O2S. The Hall–Kier alpha value is -1.11. The molecule has 0 spiro atoms. The Labute approximate surface area is 108 Å². The number of anilines is 1. The number of primary sulfonamides is 1. The van der Waals surface area contributed by atoms with Crippen LogP contribution in [0.3, 0.4) is 0 Å². The molecule has 6 heteroatoms. The molecule has 1 fully saturated rings. The molecule has 0 saturated carbocycles. The number of nitrogens with zero attached hydrogens (tertiary/aromatic N) is 1. The SMILES string of the molecule is NCC1CCCCN1c1ccc(S(N)(=O)=O)cc1. The van der Waals surface area contributed by atoms with Crippen molar-refractivity contribution in [2.45, 2.75) is 30.2 Å². The molecule has 1 aromatic carbocycles. The Morgan fingerprint density at radius 2 is 1.89 bits per heavy atom. The predicted molar refractivity (Wildman–Crippen MR) is 71.9 cm³/mol. The number of rotatable bonds is 3. The van der Waals surface area contributed by atoms with E-state index in [4.69, 9.17) is 10.9 Å². The molecule has 5 nitrogen and oxygen atoms in total. The monoisotopic (exact) mass is 269 g/mol. The fourth-order valence-electron chi connectivity index (χ4n) is 2.41. The van der Waals surface area contributed by atoms with Gasteiger partial charge in [-0.15, -0.1) is 0 Å². The first-order valence-electron chi connectivity index (χ1n) is 6.12. The quantitative estimate of drug-likeness (QED) is 0.843. The molecule has 0 aliphatic carbocycles. The third-order valence-electron chi connectivity index (χ3n) is 3.40. The maximum Gasteiger partial charge on any atom is 0.238 e. The lowest BCUT2D eigenvalue weighted by atomic mass is 10.0. The maximum absolute atomic E-state index is 11.2. The van der Waals surface area contributed by atoms with Gasteiger partial charge in [0.1, 0.15) is 0 Å². The van der Waals surface area contributed by atoms with Crippen LogP contribution in [-0.4, -0.2) is 27.5 Å². The first kappa shape index (κ1) is 13.3. The maximum atomic E-state index is 11.2. The Morgan fingerprint density at radius 3 is 2.44 bits per heavy atom. The second-order valence-electron chi connectivity index (χ2n) is 4.62. The molecule has 1 aliphatic heterocycles. The van der Waals surface area contributed by atoms with E-state index < -0.39 is 10.0 Å². The molecule has 0 bridgehead atoms. The molecule has 0 amide bonds. The summed E-state index contributed by atoms with van der Waals surface area (Å²) in [4.78, 5) is 2.39. The fourth-order valence-corrected chi connectivity index (χ4v) is 2.93. The topological polar surface area (TPSA) is 89.4 Å². The zero-order valence-corrected chi connectivity index (χ0v) is 11.1. The van der Waals surface area contributed by atoms with Gasteiger partial charge >= 0.3 is 0 Å². The van der Waals surface area contributed by atoms with Crippen LogP contribution in [0.1, 0.15) is 19.3 Å². The summed E-state index contributed by atoms with van der Waals surface area (Å²) in [6.45, 7) is 1.59. The highest BCUT2D eigenvalue weighted by Crippen LogP contribution is 2.25. The van der Waals surface area contributed by atoms with Gasteiger partial charge in [-0.05, 0) is 43.5 Å². The molecule has 0 radical (unpaired) electrons. The number of hydrogen-bond donors (Lipinski definition) is 2. The van der Waals surface area contributed by atoms with E-state index in [2.05, 4.69) is 4.90 Å². The van der Waals surface area contributed by atoms with Crippen molar-refractivity contribution in [2.75, 3.05) is 18.0 Å². The van der Waals surface area contributed by atoms with E-state index in [1.54, 1.807) is 24.3 Å². The first-order chi connectivity index (χ1) is 8.52. The summed E-state index contributed by atoms with van der Waals surface area (Å²) in [7, 11) is -3.61. The standard InChI is InChI=1S/C12H19N3O2S/c13-9-11-3-1-2-8-15(11)10-4-6-12(7-5-10)18(14,16)17/h4-7,11H,1-3,8-9,13H2,(H2,14,16,17). The van der Waals surface area contributed by atoms with Crippen LogP contribution >= 0.6 is 0 Å². The number of sulfonamides is 1. The summed E-state index contributed by atoms with van der Waals surface area (Å²) in [5.74, 6) is 0. The highest BCUT2D eigenvalue weighted by Gasteiger charge is 2.21. The van der Waals surface area contributed by atoms with Crippen LogP contribution in [0.25, 0.3) is 0 Å². The van der Waals surface area contributed by atoms with Crippen LogP contribution < -0.4 is 15.8 Å². The molecule has 1 heterocycles. The average Bonchev–Trinajstić information content (AvgIpc) is 2.38. The van der Waals surface area contributed by atoms with Crippen molar-refractivity contribution in [1.29, 1.82) is 0 Å². The molecule has 4 N–H and O–H groups in total. The number of hydrogen-bond acceptors (Lipinski definition) is 4. The van der Waals surface area contributed by atoms with Gasteiger partial charge in [0.2, 0.25) is 10.0 Å². The van der Waals surface area contributed by atoms with E-state index in [9.17, 15) is 8.42 Å². The summed E-state index contributed by atoms with van der Waals surface area (Å²) in [6, 6.07) is 7.04. The minimum atomic E-state index is -3.61. The molecule has 1 unspecified atom stereocenters. The zero-order valence-electron chi connectivity index (χ0n) is 10.2. The summed E-state index contributed by atoms with van der Waals surface area (Å²) >= 11 is 0. The van der Waals surface area contributed by atoms with Crippen molar-refractivity contribution in [1.82, 2.24) is 0 Å². The van der Waals surface area contributed by atoms with Gasteiger partial charge in [0.25, 0.3) is 0 Å². The van der Waals surface area contributed by atoms with Crippen LogP contribution in [0.2, 0.25) is 0 Å². The van der Waals surface area contributed by atoms with Crippen molar-refractivity contribution < 1.29 is 8.42 Å². The van der Waals surface area contributed by atoms with Gasteiger partial charge in [0.15, 0.2) is 0 Å². The molecule has 1 saturated heterocycles. The van der Waals surface area contributed by atoms with E-state index in [0.717, 1.165) is 25.1 Å². The average molecular weight is 269 g/mol. The highest BCUT2D eigenvalue weighted by molar-refractivity contribution is 7.89. The van der Waals surface area contributed by atoms with E-state index in [1.807, 2.05) is 0 Å². The second-order valence-corrected chi connectivity index (χ2v) is 6.18. The Bertz CT molecular complexity index is 499. The van der Waals surface area contributed by atoms with Gasteiger partial charge in [0.05, 0.1) is 4.90 Å². The molecule has 18 heavy (non-hydrogen) atoms. The van der Waals surface area contributed by atoms with Crippen LogP contribution in [0.15, 0.2) is 29.2 Å². The van der Waals surface area contributed by atoms with Gasteiger partial charge in [-0.1, -0.05) is 0 Å². The van der Waals surface area contributed by atoms with Crippen molar-refractivity contribution in [2.24, 2.45) is 10.9 Å². The van der Waals surface area contributed by atoms with E-state index in [-0.39, 0.29) is 4.90 Å². The third-order valence-corrected chi connectivity index (χ3v) is 4.33. The van der Waals surface area contributed by atoms with Gasteiger partial charge in [0, 0.05) is 24.8 Å². The lowest BCUT2D eigenvalue weighted by Crippen LogP contribution is -2.44. The lowest BCUT2D eigenvalue weighted by Gasteiger charge is -2.37. The van der Waals surface area contributed by atoms with Crippen LogP contribution in [-0.2, 0) is 10.0 Å². The molecule has 0 aromatic heterocycles. The van der Waals surface area contributed by atoms with Crippen molar-refractivity contribution in [3.8, 4) is 0 Å². The van der Waals surface area contributed by atoms with Gasteiger partial charge in [-0.2, -0.15) is 0 Å². The third kappa shape index (κ3) is 2.82. The minimum Gasteiger partial charge on any atom is -0.367 e. The van der Waals surface area contributed by atoms with E-state index in [0.29, 0.717) is 12.6 Å². The summed E-state index contributed by atoms with van der Waals surface area (Å²) in [5.41, 5.74) is 6.78. The summed E-state index contributed by atoms with van der Waals surface area (Å²) in [5, 5.41) is 5.08. The fraction of sp³-hybridized carbons (Fsp3) is 0.500. The van der Waals surface area contributed by atoms with Gasteiger partial charge in [-0.3, -0.25) is 0 Å². The van der Waals surface area contributed by atoms with E-state index >= 15 is 0 Å². The molecule has 2 rings (SSSR count). The van der Waals surface area contributed by atoms with Crippen molar-refractivity contribution in [3.05, 3.63) is 24.3 Å². The lowest BCUT2D eigenvalue weighted by molar-refractivity contribution is 0.465.